The zero-order valence-electron chi connectivity index (χ0n) is 14.3. The molecule has 0 radical (unpaired) electrons. The van der Waals surface area contributed by atoms with Crippen LogP contribution in [0, 0.1) is 13.8 Å². The molecule has 4 rings (SSSR count). The minimum Gasteiger partial charge on any atom is -0.326 e. The number of hydrogen-bond donors (Lipinski definition) is 3. The zero-order valence-corrected chi connectivity index (χ0v) is 14.3. The molecule has 1 aromatic carbocycles. The normalized spacial score (nSPS) is 13.8. The Bertz CT molecular complexity index is 885. The van der Waals surface area contributed by atoms with Crippen molar-refractivity contribution in [2.75, 3.05) is 5.32 Å². The van der Waals surface area contributed by atoms with E-state index in [2.05, 4.69) is 30.7 Å². The second-order valence-corrected chi connectivity index (χ2v) is 6.53. The van der Waals surface area contributed by atoms with Gasteiger partial charge in [0, 0.05) is 28.4 Å². The monoisotopic (exact) mass is 336 g/mol. The van der Waals surface area contributed by atoms with Gasteiger partial charge in [-0.05, 0) is 51.0 Å². The number of carbonyl (C=O) groups excluding carboxylic acids is 1. The van der Waals surface area contributed by atoms with Crippen LogP contribution in [0.15, 0.2) is 24.3 Å². The van der Waals surface area contributed by atoms with E-state index in [9.17, 15) is 4.79 Å². The van der Waals surface area contributed by atoms with Gasteiger partial charge in [0.15, 0.2) is 5.82 Å². The first-order valence-corrected chi connectivity index (χ1v) is 8.43. The molecule has 0 aliphatic heterocycles. The highest BCUT2D eigenvalue weighted by Gasteiger charge is 2.27. The third-order valence-corrected chi connectivity index (χ3v) is 4.51. The van der Waals surface area contributed by atoms with Crippen LogP contribution < -0.4 is 5.32 Å². The van der Waals surface area contributed by atoms with Crippen molar-refractivity contribution in [1.29, 1.82) is 0 Å². The first-order valence-electron chi connectivity index (χ1n) is 8.43. The predicted octanol–water partition coefficient (Wildman–Crippen LogP) is 2.87. The highest BCUT2D eigenvalue weighted by atomic mass is 16.1. The highest BCUT2D eigenvalue weighted by molar-refractivity contribution is 5.92. The van der Waals surface area contributed by atoms with Crippen molar-refractivity contribution >= 4 is 11.6 Å². The number of carbonyl (C=O) groups is 1. The van der Waals surface area contributed by atoms with Gasteiger partial charge in [0.05, 0.1) is 12.1 Å². The molecule has 7 heteroatoms. The summed E-state index contributed by atoms with van der Waals surface area (Å²) >= 11 is 0. The van der Waals surface area contributed by atoms with Gasteiger partial charge in [0.25, 0.3) is 0 Å². The van der Waals surface area contributed by atoms with Crippen molar-refractivity contribution in [1.82, 2.24) is 25.4 Å². The van der Waals surface area contributed by atoms with Gasteiger partial charge in [0.2, 0.25) is 5.91 Å². The molecule has 3 aromatic rings. The smallest absolute Gasteiger partial charge is 0.228 e. The zero-order chi connectivity index (χ0) is 17.4. The van der Waals surface area contributed by atoms with Gasteiger partial charge in [-0.25, -0.2) is 4.98 Å². The molecule has 1 aliphatic rings. The minimum absolute atomic E-state index is 0.0609. The van der Waals surface area contributed by atoms with Crippen LogP contribution in [0.2, 0.25) is 0 Å². The summed E-state index contributed by atoms with van der Waals surface area (Å²) in [4.78, 5) is 16.8. The summed E-state index contributed by atoms with van der Waals surface area (Å²) in [5, 5.41) is 17.2. The Balaban J connectivity index is 1.42. The fraction of sp³-hybridized carbons (Fsp3) is 0.333. The highest BCUT2D eigenvalue weighted by Crippen LogP contribution is 2.38. The van der Waals surface area contributed by atoms with Crippen LogP contribution in [0.3, 0.4) is 0 Å². The van der Waals surface area contributed by atoms with E-state index in [-0.39, 0.29) is 5.91 Å². The van der Waals surface area contributed by atoms with Crippen LogP contribution in [0.25, 0.3) is 11.4 Å². The number of aryl methyl sites for hydroxylation is 2. The number of anilines is 1. The van der Waals surface area contributed by atoms with Crippen LogP contribution in [0.4, 0.5) is 5.69 Å². The second-order valence-electron chi connectivity index (χ2n) is 6.53. The second kappa shape index (κ2) is 6.16. The van der Waals surface area contributed by atoms with Gasteiger partial charge in [-0.3, -0.25) is 15.0 Å². The van der Waals surface area contributed by atoms with Crippen LogP contribution >= 0.6 is 0 Å². The molecule has 0 bridgehead atoms. The summed E-state index contributed by atoms with van der Waals surface area (Å²) in [5.41, 5.74) is 4.42. The Kier molecular flexibility index (Phi) is 3.83. The Hall–Kier alpha value is -2.96. The number of rotatable bonds is 5. The lowest BCUT2D eigenvalue weighted by molar-refractivity contribution is -0.115. The molecular weight excluding hydrogens is 316 g/mol. The van der Waals surface area contributed by atoms with Crippen LogP contribution in [-0.2, 0) is 11.2 Å². The Morgan fingerprint density at radius 2 is 1.92 bits per heavy atom. The van der Waals surface area contributed by atoms with Gasteiger partial charge in [-0.15, -0.1) is 0 Å². The number of amides is 1. The molecule has 1 amide bonds. The quantitative estimate of drug-likeness (QED) is 0.667. The number of H-pyrrole nitrogens is 2. The maximum Gasteiger partial charge on any atom is 0.228 e. The topological polar surface area (TPSA) is 99.4 Å². The molecule has 2 aromatic heterocycles. The van der Waals surface area contributed by atoms with Crippen LogP contribution in [0.1, 0.15) is 41.5 Å². The summed E-state index contributed by atoms with van der Waals surface area (Å²) < 4.78 is 0. The van der Waals surface area contributed by atoms with E-state index in [1.807, 2.05) is 38.1 Å². The number of aromatic nitrogens is 5. The molecule has 2 heterocycles. The molecule has 1 aliphatic carbocycles. The van der Waals surface area contributed by atoms with Gasteiger partial charge in [-0.1, -0.05) is 0 Å². The molecule has 7 nitrogen and oxygen atoms in total. The third kappa shape index (κ3) is 3.31. The van der Waals surface area contributed by atoms with Crippen LogP contribution in [-0.4, -0.2) is 31.3 Å². The molecule has 0 atom stereocenters. The summed E-state index contributed by atoms with van der Waals surface area (Å²) in [5.74, 6) is 2.16. The molecule has 0 spiro atoms. The average molecular weight is 336 g/mol. The van der Waals surface area contributed by atoms with Crippen molar-refractivity contribution in [2.24, 2.45) is 0 Å². The van der Waals surface area contributed by atoms with Crippen molar-refractivity contribution in [3.8, 4) is 11.4 Å². The lowest BCUT2D eigenvalue weighted by Crippen LogP contribution is -2.15. The number of hydrogen-bond acceptors (Lipinski definition) is 4. The molecular formula is C18H20N6O. The Morgan fingerprint density at radius 3 is 2.56 bits per heavy atom. The lowest BCUT2D eigenvalue weighted by Gasteiger charge is -2.06. The first kappa shape index (κ1) is 15.6. The standard InChI is InChI=1S/C18H20N6O/c1-10-15(11(2)22-21-10)9-16(25)19-14-7-5-13(6-8-14)18-20-17(23-24-18)12-3-4-12/h5-8,12H,3-4,9H2,1-2H3,(H,19,25)(H,21,22)(H,20,23,24). The van der Waals surface area contributed by atoms with Crippen molar-refractivity contribution in [3.05, 3.63) is 47.0 Å². The lowest BCUT2D eigenvalue weighted by atomic mass is 10.1. The summed E-state index contributed by atoms with van der Waals surface area (Å²) in [7, 11) is 0. The largest absolute Gasteiger partial charge is 0.326 e. The Morgan fingerprint density at radius 1 is 1.16 bits per heavy atom. The van der Waals surface area contributed by atoms with Gasteiger partial charge in [-0.2, -0.15) is 10.2 Å². The predicted molar refractivity (Wildman–Crippen MR) is 94.2 cm³/mol. The van der Waals surface area contributed by atoms with E-state index < -0.39 is 0 Å². The fourth-order valence-corrected chi connectivity index (χ4v) is 2.85. The number of aromatic amines is 2. The number of nitrogens with zero attached hydrogens (tertiary/aromatic N) is 3. The summed E-state index contributed by atoms with van der Waals surface area (Å²) in [6, 6.07) is 7.58. The number of benzene rings is 1. The summed E-state index contributed by atoms with van der Waals surface area (Å²) in [6.07, 6.45) is 2.69. The maximum atomic E-state index is 12.2. The molecule has 25 heavy (non-hydrogen) atoms. The van der Waals surface area contributed by atoms with E-state index in [4.69, 9.17) is 0 Å². The van der Waals surface area contributed by atoms with Gasteiger partial charge in [0.1, 0.15) is 5.82 Å². The van der Waals surface area contributed by atoms with Crippen molar-refractivity contribution in [3.63, 3.8) is 0 Å². The van der Waals surface area contributed by atoms with E-state index in [1.54, 1.807) is 0 Å². The fourth-order valence-electron chi connectivity index (χ4n) is 2.85. The van der Waals surface area contributed by atoms with E-state index in [1.165, 1.54) is 12.8 Å². The average Bonchev–Trinajstić information content (AvgIpc) is 3.26. The maximum absolute atomic E-state index is 12.2. The molecule has 1 fully saturated rings. The van der Waals surface area contributed by atoms with Crippen molar-refractivity contribution in [2.45, 2.75) is 39.0 Å². The molecule has 0 saturated heterocycles. The SMILES string of the molecule is Cc1n[nH]c(C)c1CC(=O)Nc1ccc(-c2n[nH]c(C3CC3)n2)cc1. The first-order chi connectivity index (χ1) is 12.1. The van der Waals surface area contributed by atoms with Gasteiger partial charge >= 0.3 is 0 Å². The molecule has 0 unspecified atom stereocenters. The van der Waals surface area contributed by atoms with E-state index in [0.717, 1.165) is 34.0 Å². The van der Waals surface area contributed by atoms with Crippen LogP contribution in [0.5, 0.6) is 0 Å². The molecule has 1 saturated carbocycles. The third-order valence-electron chi connectivity index (χ3n) is 4.51. The minimum atomic E-state index is -0.0609. The van der Waals surface area contributed by atoms with Crippen molar-refractivity contribution < 1.29 is 4.79 Å². The molecule has 128 valence electrons. The Labute approximate surface area is 145 Å². The number of nitrogens with one attached hydrogen (secondary N) is 3. The van der Waals surface area contributed by atoms with Gasteiger partial charge < -0.3 is 5.32 Å². The summed E-state index contributed by atoms with van der Waals surface area (Å²) in [6.45, 7) is 3.82. The molecule has 3 N–H and O–H groups in total. The van der Waals surface area contributed by atoms with E-state index in [0.29, 0.717) is 18.2 Å². The van der Waals surface area contributed by atoms with E-state index >= 15 is 0 Å².